The summed E-state index contributed by atoms with van der Waals surface area (Å²) in [5, 5.41) is 9.51. The Labute approximate surface area is 181 Å². The van der Waals surface area contributed by atoms with Gasteiger partial charge in [-0.2, -0.15) is 0 Å². The van der Waals surface area contributed by atoms with Crippen molar-refractivity contribution in [2.45, 2.75) is 38.1 Å². The van der Waals surface area contributed by atoms with Gasteiger partial charge in [0.2, 0.25) is 0 Å². The zero-order valence-electron chi connectivity index (χ0n) is 17.4. The molecule has 1 aliphatic carbocycles. The van der Waals surface area contributed by atoms with E-state index in [4.69, 9.17) is 0 Å². The van der Waals surface area contributed by atoms with Crippen LogP contribution in [-0.4, -0.2) is 41.0 Å². The Morgan fingerprint density at radius 3 is 2.48 bits per heavy atom. The van der Waals surface area contributed by atoms with E-state index >= 15 is 0 Å². The van der Waals surface area contributed by atoms with Crippen molar-refractivity contribution in [2.24, 2.45) is 0 Å². The molecule has 0 aliphatic heterocycles. The monoisotopic (exact) mass is 417 g/mol. The Morgan fingerprint density at radius 2 is 1.68 bits per heavy atom. The molecule has 2 aromatic heterocycles. The van der Waals surface area contributed by atoms with Crippen molar-refractivity contribution in [3.63, 3.8) is 0 Å². The van der Waals surface area contributed by atoms with Gasteiger partial charge < -0.3 is 16.0 Å². The molecule has 3 amide bonds. The lowest BCUT2D eigenvalue weighted by Gasteiger charge is -2.22. The molecule has 1 aliphatic rings. The third kappa shape index (κ3) is 5.36. The number of nitrogens with one attached hydrogen (secondary N) is 3. The average molecular weight is 418 g/mol. The van der Waals surface area contributed by atoms with Crippen molar-refractivity contribution in [3.8, 4) is 11.4 Å². The summed E-state index contributed by atoms with van der Waals surface area (Å²) in [5.41, 5.74) is 2.64. The highest BCUT2D eigenvalue weighted by atomic mass is 16.2. The highest BCUT2D eigenvalue weighted by Gasteiger charge is 2.16. The van der Waals surface area contributed by atoms with Crippen LogP contribution in [0.4, 0.5) is 4.79 Å². The van der Waals surface area contributed by atoms with Gasteiger partial charge in [0.15, 0.2) is 0 Å². The van der Waals surface area contributed by atoms with E-state index in [-0.39, 0.29) is 18.0 Å². The van der Waals surface area contributed by atoms with Crippen molar-refractivity contribution in [3.05, 3.63) is 60.3 Å². The summed E-state index contributed by atoms with van der Waals surface area (Å²) >= 11 is 0. The van der Waals surface area contributed by atoms with Crippen molar-refractivity contribution in [1.82, 2.24) is 25.9 Å². The number of hydrogen-bond acceptors (Lipinski definition) is 4. The zero-order chi connectivity index (χ0) is 21.5. The summed E-state index contributed by atoms with van der Waals surface area (Å²) in [6, 6.07) is 15.0. The molecule has 7 nitrogen and oxygen atoms in total. The maximum absolute atomic E-state index is 12.9. The van der Waals surface area contributed by atoms with Crippen LogP contribution in [0.2, 0.25) is 0 Å². The zero-order valence-corrected chi connectivity index (χ0v) is 17.4. The summed E-state index contributed by atoms with van der Waals surface area (Å²) in [6.45, 7) is 0.701. The van der Waals surface area contributed by atoms with Crippen molar-refractivity contribution >= 4 is 22.8 Å². The van der Waals surface area contributed by atoms with E-state index in [0.29, 0.717) is 30.0 Å². The molecule has 31 heavy (non-hydrogen) atoms. The van der Waals surface area contributed by atoms with E-state index in [2.05, 4.69) is 25.9 Å². The first-order valence-corrected chi connectivity index (χ1v) is 10.8. The molecule has 0 unspecified atom stereocenters. The molecular formula is C24H27N5O2. The van der Waals surface area contributed by atoms with Gasteiger partial charge in [-0.1, -0.05) is 43.5 Å². The Balaban J connectivity index is 1.38. The largest absolute Gasteiger partial charge is 0.350 e. The molecule has 0 bridgehead atoms. The number of amides is 3. The summed E-state index contributed by atoms with van der Waals surface area (Å²) < 4.78 is 0. The Hall–Kier alpha value is -3.48. The smallest absolute Gasteiger partial charge is 0.315 e. The van der Waals surface area contributed by atoms with Crippen molar-refractivity contribution in [2.75, 3.05) is 13.1 Å². The number of pyridine rings is 2. The SMILES string of the molecule is O=C(NCCNC(=O)c1cc(-c2ccccn2)nc2ccccc12)NC1CCCCC1. The van der Waals surface area contributed by atoms with Crippen LogP contribution in [0.3, 0.4) is 0 Å². The highest BCUT2D eigenvalue weighted by Crippen LogP contribution is 2.23. The minimum atomic E-state index is -0.203. The Morgan fingerprint density at radius 1 is 0.903 bits per heavy atom. The van der Waals surface area contributed by atoms with Gasteiger partial charge in [-0.3, -0.25) is 9.78 Å². The molecule has 160 valence electrons. The number of aromatic nitrogens is 2. The topological polar surface area (TPSA) is 96.0 Å². The summed E-state index contributed by atoms with van der Waals surface area (Å²) in [5.74, 6) is -0.203. The van der Waals surface area contributed by atoms with Gasteiger partial charge in [0, 0.05) is 30.7 Å². The van der Waals surface area contributed by atoms with Crippen LogP contribution in [0, 0.1) is 0 Å². The molecule has 1 fully saturated rings. The van der Waals surface area contributed by atoms with Gasteiger partial charge in [-0.15, -0.1) is 0 Å². The fourth-order valence-corrected chi connectivity index (χ4v) is 3.94. The lowest BCUT2D eigenvalue weighted by Crippen LogP contribution is -2.45. The highest BCUT2D eigenvalue weighted by molar-refractivity contribution is 6.07. The molecule has 3 N–H and O–H groups in total. The number of rotatable bonds is 6. The van der Waals surface area contributed by atoms with Crippen LogP contribution < -0.4 is 16.0 Å². The molecule has 0 atom stereocenters. The molecule has 3 aromatic rings. The third-order valence-electron chi connectivity index (χ3n) is 5.52. The van der Waals surface area contributed by atoms with E-state index in [9.17, 15) is 9.59 Å². The second kappa shape index (κ2) is 10.0. The van der Waals surface area contributed by atoms with E-state index in [1.54, 1.807) is 12.3 Å². The van der Waals surface area contributed by atoms with E-state index < -0.39 is 0 Å². The van der Waals surface area contributed by atoms with Gasteiger partial charge >= 0.3 is 6.03 Å². The number of para-hydroxylation sites is 1. The van der Waals surface area contributed by atoms with E-state index in [1.807, 2.05) is 42.5 Å². The van der Waals surface area contributed by atoms with E-state index in [1.165, 1.54) is 19.3 Å². The van der Waals surface area contributed by atoms with Crippen LogP contribution in [0.5, 0.6) is 0 Å². The number of urea groups is 1. The van der Waals surface area contributed by atoms with E-state index in [0.717, 1.165) is 23.7 Å². The number of carbonyl (C=O) groups excluding carboxylic acids is 2. The van der Waals surface area contributed by atoms with Gasteiger partial charge in [0.1, 0.15) is 0 Å². The van der Waals surface area contributed by atoms with Crippen molar-refractivity contribution < 1.29 is 9.59 Å². The van der Waals surface area contributed by atoms with Gasteiger partial charge in [0.25, 0.3) is 5.91 Å². The van der Waals surface area contributed by atoms with Gasteiger partial charge in [0.05, 0.1) is 22.5 Å². The average Bonchev–Trinajstić information content (AvgIpc) is 2.82. The summed E-state index contributed by atoms with van der Waals surface area (Å²) in [6.07, 6.45) is 7.37. The lowest BCUT2D eigenvalue weighted by atomic mass is 9.96. The minimum Gasteiger partial charge on any atom is -0.350 e. The van der Waals surface area contributed by atoms with Crippen molar-refractivity contribution in [1.29, 1.82) is 0 Å². The van der Waals surface area contributed by atoms with Crippen LogP contribution in [0.15, 0.2) is 54.7 Å². The molecule has 0 saturated heterocycles. The molecule has 7 heteroatoms. The first-order valence-electron chi connectivity index (χ1n) is 10.8. The van der Waals surface area contributed by atoms with Crippen LogP contribution in [0.25, 0.3) is 22.3 Å². The van der Waals surface area contributed by atoms with Gasteiger partial charge in [-0.05, 0) is 37.1 Å². The summed E-state index contributed by atoms with van der Waals surface area (Å²) in [7, 11) is 0. The predicted molar refractivity (Wildman–Crippen MR) is 121 cm³/mol. The standard InChI is InChI=1S/C24H27N5O2/c30-23(26-14-15-27-24(31)28-17-8-2-1-3-9-17)19-16-22(21-12-6-7-13-25-21)29-20-11-5-4-10-18(19)20/h4-7,10-13,16-17H,1-3,8-9,14-15H2,(H,26,30)(H2,27,28,31). The Kier molecular flexibility index (Phi) is 6.72. The molecule has 4 rings (SSSR count). The third-order valence-corrected chi connectivity index (χ3v) is 5.52. The Bertz CT molecular complexity index is 1050. The van der Waals surface area contributed by atoms with Crippen LogP contribution >= 0.6 is 0 Å². The first kappa shape index (κ1) is 20.8. The van der Waals surface area contributed by atoms with Crippen LogP contribution in [0.1, 0.15) is 42.5 Å². The molecule has 0 spiro atoms. The second-order valence-electron chi connectivity index (χ2n) is 7.78. The maximum atomic E-state index is 12.9. The lowest BCUT2D eigenvalue weighted by molar-refractivity contribution is 0.0955. The number of nitrogens with zero attached hydrogens (tertiary/aromatic N) is 2. The molecule has 0 radical (unpaired) electrons. The minimum absolute atomic E-state index is 0.173. The first-order chi connectivity index (χ1) is 15.2. The predicted octanol–water partition coefficient (Wildman–Crippen LogP) is 3.66. The fraction of sp³-hybridized carbons (Fsp3) is 0.333. The van der Waals surface area contributed by atoms with Gasteiger partial charge in [-0.25, -0.2) is 9.78 Å². The number of hydrogen-bond donors (Lipinski definition) is 3. The molecule has 1 saturated carbocycles. The second-order valence-corrected chi connectivity index (χ2v) is 7.78. The summed E-state index contributed by atoms with van der Waals surface area (Å²) in [4.78, 5) is 34.0. The quantitative estimate of drug-likeness (QED) is 0.533. The molecule has 1 aromatic carbocycles. The van der Waals surface area contributed by atoms with Crippen LogP contribution in [-0.2, 0) is 0 Å². The normalized spacial score (nSPS) is 14.2. The fourth-order valence-electron chi connectivity index (χ4n) is 3.94. The maximum Gasteiger partial charge on any atom is 0.315 e. The number of benzene rings is 1. The number of fused-ring (bicyclic) bond motifs is 1. The molecular weight excluding hydrogens is 390 g/mol. The molecule has 2 heterocycles. The number of carbonyl (C=O) groups is 2.